The maximum atomic E-state index is 12.0. The largest absolute Gasteiger partial charge is 0.379 e. The number of methoxy groups -OCH3 is 1. The number of hydrogen-bond acceptors (Lipinski definition) is 7. The fourth-order valence-corrected chi connectivity index (χ4v) is 3.46. The van der Waals surface area contributed by atoms with E-state index in [1.165, 1.54) is 0 Å². The first-order valence-electron chi connectivity index (χ1n) is 10.5. The topological polar surface area (TPSA) is 109 Å². The molecule has 2 aliphatic rings. The number of guanidine groups is 1. The molecule has 168 valence electrons. The fraction of sp³-hybridized carbons (Fsp3) is 0.789. The van der Waals surface area contributed by atoms with Gasteiger partial charge in [-0.15, -0.1) is 0 Å². The van der Waals surface area contributed by atoms with Crippen LogP contribution in [0.25, 0.3) is 0 Å². The number of carbonyl (C=O) groups excluding carboxylic acids is 1. The molecule has 30 heavy (non-hydrogen) atoms. The predicted molar refractivity (Wildman–Crippen MR) is 112 cm³/mol. The van der Waals surface area contributed by atoms with Gasteiger partial charge in [-0.3, -0.25) is 9.69 Å². The minimum absolute atomic E-state index is 0.0318. The van der Waals surface area contributed by atoms with Gasteiger partial charge in [0.25, 0.3) is 0 Å². The van der Waals surface area contributed by atoms with Crippen LogP contribution in [0.1, 0.15) is 18.1 Å². The van der Waals surface area contributed by atoms with E-state index in [1.807, 2.05) is 4.68 Å². The Labute approximate surface area is 177 Å². The van der Waals surface area contributed by atoms with Crippen molar-refractivity contribution < 1.29 is 14.3 Å². The average Bonchev–Trinajstić information content (AvgIpc) is 3.14. The smallest absolute Gasteiger partial charge is 0.243 e. The summed E-state index contributed by atoms with van der Waals surface area (Å²) < 4.78 is 12.5. The number of fused-ring (bicyclic) bond motifs is 1. The monoisotopic (exact) mass is 422 g/mol. The SMILES string of the molecule is COCc1nc2n(n1)CC(NC(=NCC(=O)N(C)C)NCCN1CCOCC1)CC2. The highest BCUT2D eigenvalue weighted by Gasteiger charge is 2.22. The van der Waals surface area contributed by atoms with E-state index in [4.69, 9.17) is 9.47 Å². The van der Waals surface area contributed by atoms with E-state index in [-0.39, 0.29) is 18.5 Å². The average molecular weight is 423 g/mol. The highest BCUT2D eigenvalue weighted by atomic mass is 16.5. The molecule has 0 aliphatic carbocycles. The molecule has 2 N–H and O–H groups in total. The lowest BCUT2D eigenvalue weighted by atomic mass is 10.1. The van der Waals surface area contributed by atoms with Crippen molar-refractivity contribution in [1.29, 1.82) is 0 Å². The van der Waals surface area contributed by atoms with E-state index >= 15 is 0 Å². The Bertz CT molecular complexity index is 715. The first-order valence-corrected chi connectivity index (χ1v) is 10.5. The number of aliphatic imine (C=N–C) groups is 1. The number of ether oxygens (including phenoxy) is 2. The predicted octanol–water partition coefficient (Wildman–Crippen LogP) is -1.31. The molecule has 0 saturated carbocycles. The minimum Gasteiger partial charge on any atom is -0.379 e. The summed E-state index contributed by atoms with van der Waals surface area (Å²) >= 11 is 0. The number of rotatable bonds is 8. The van der Waals surface area contributed by atoms with Crippen LogP contribution in [0.5, 0.6) is 0 Å². The third-order valence-electron chi connectivity index (χ3n) is 5.21. The second kappa shape index (κ2) is 11.2. The highest BCUT2D eigenvalue weighted by Crippen LogP contribution is 2.13. The zero-order chi connectivity index (χ0) is 21.3. The molecule has 3 heterocycles. The minimum atomic E-state index is -0.0318. The lowest BCUT2D eigenvalue weighted by Crippen LogP contribution is -2.49. The van der Waals surface area contributed by atoms with Crippen LogP contribution in [0.4, 0.5) is 0 Å². The summed E-state index contributed by atoms with van der Waals surface area (Å²) in [5.41, 5.74) is 0. The highest BCUT2D eigenvalue weighted by molar-refractivity contribution is 5.84. The normalized spacial score (nSPS) is 20.0. The van der Waals surface area contributed by atoms with Gasteiger partial charge in [-0.2, -0.15) is 5.10 Å². The Balaban J connectivity index is 1.56. The number of likely N-dealkylation sites (N-methyl/N-ethyl adjacent to an activating group) is 1. The number of aryl methyl sites for hydroxylation is 1. The number of amides is 1. The Morgan fingerprint density at radius 2 is 2.17 bits per heavy atom. The molecule has 1 fully saturated rings. The van der Waals surface area contributed by atoms with Crippen LogP contribution in [-0.4, -0.2) is 110 Å². The molecule has 0 spiro atoms. The van der Waals surface area contributed by atoms with E-state index in [9.17, 15) is 4.79 Å². The van der Waals surface area contributed by atoms with Crippen molar-refractivity contribution in [1.82, 2.24) is 35.2 Å². The van der Waals surface area contributed by atoms with Crippen molar-refractivity contribution in [2.24, 2.45) is 4.99 Å². The van der Waals surface area contributed by atoms with Gasteiger partial charge in [-0.1, -0.05) is 0 Å². The summed E-state index contributed by atoms with van der Waals surface area (Å²) in [7, 11) is 5.12. The molecule has 1 saturated heterocycles. The van der Waals surface area contributed by atoms with Gasteiger partial charge in [0.1, 0.15) is 19.0 Å². The molecular weight excluding hydrogens is 388 g/mol. The molecule has 2 aliphatic heterocycles. The number of carbonyl (C=O) groups is 1. The van der Waals surface area contributed by atoms with Gasteiger partial charge in [-0.05, 0) is 6.42 Å². The summed E-state index contributed by atoms with van der Waals surface area (Å²) in [4.78, 5) is 24.9. The number of morpholine rings is 1. The summed E-state index contributed by atoms with van der Waals surface area (Å²) in [5, 5.41) is 11.4. The zero-order valence-corrected chi connectivity index (χ0v) is 18.3. The van der Waals surface area contributed by atoms with E-state index in [1.54, 1.807) is 26.1 Å². The lowest BCUT2D eigenvalue weighted by molar-refractivity contribution is -0.127. The van der Waals surface area contributed by atoms with Gasteiger partial charge in [0.15, 0.2) is 11.8 Å². The van der Waals surface area contributed by atoms with Crippen molar-refractivity contribution in [3.63, 3.8) is 0 Å². The van der Waals surface area contributed by atoms with Crippen LogP contribution >= 0.6 is 0 Å². The maximum absolute atomic E-state index is 12.0. The van der Waals surface area contributed by atoms with Crippen LogP contribution < -0.4 is 10.6 Å². The van der Waals surface area contributed by atoms with Crippen molar-refractivity contribution in [2.45, 2.75) is 32.0 Å². The van der Waals surface area contributed by atoms with Crippen LogP contribution in [0.2, 0.25) is 0 Å². The van der Waals surface area contributed by atoms with Crippen molar-refractivity contribution in [2.75, 3.05) is 67.1 Å². The Hall–Kier alpha value is -2.24. The molecule has 11 heteroatoms. The van der Waals surface area contributed by atoms with Crippen molar-refractivity contribution in [3.05, 3.63) is 11.6 Å². The fourth-order valence-electron chi connectivity index (χ4n) is 3.46. The molecule has 3 rings (SSSR count). The van der Waals surface area contributed by atoms with Crippen LogP contribution in [0.3, 0.4) is 0 Å². The first kappa shape index (κ1) is 22.4. The number of aromatic nitrogens is 3. The number of hydrogen-bond donors (Lipinski definition) is 2. The molecular formula is C19H34N8O3. The van der Waals surface area contributed by atoms with Gasteiger partial charge < -0.3 is 25.0 Å². The Morgan fingerprint density at radius 3 is 2.90 bits per heavy atom. The molecule has 0 aromatic carbocycles. The Morgan fingerprint density at radius 1 is 1.37 bits per heavy atom. The second-order valence-electron chi connectivity index (χ2n) is 7.77. The molecule has 1 atom stereocenters. The summed E-state index contributed by atoms with van der Waals surface area (Å²) in [5.74, 6) is 2.32. The molecule has 1 aromatic heterocycles. The van der Waals surface area contributed by atoms with Crippen LogP contribution in [0, 0.1) is 0 Å². The van der Waals surface area contributed by atoms with E-state index < -0.39 is 0 Å². The standard InChI is InChI=1S/C19H34N8O3/c1-25(2)18(28)12-21-19(20-6-7-26-8-10-30-11-9-26)22-15-4-5-17-23-16(14-29-3)24-27(17)13-15/h15H,4-14H2,1-3H3,(H2,20,21,22). The summed E-state index contributed by atoms with van der Waals surface area (Å²) in [6.07, 6.45) is 1.77. The number of nitrogens with one attached hydrogen (secondary N) is 2. The molecule has 11 nitrogen and oxygen atoms in total. The van der Waals surface area contributed by atoms with Crippen LogP contribution in [-0.2, 0) is 33.8 Å². The van der Waals surface area contributed by atoms with E-state index in [2.05, 4.69) is 30.6 Å². The summed E-state index contributed by atoms with van der Waals surface area (Å²) in [6, 6.07) is 0.165. The molecule has 0 bridgehead atoms. The molecule has 0 radical (unpaired) electrons. The van der Waals surface area contributed by atoms with Gasteiger partial charge in [-0.25, -0.2) is 14.7 Å². The molecule has 1 aromatic rings. The van der Waals surface area contributed by atoms with Crippen molar-refractivity contribution in [3.8, 4) is 0 Å². The van der Waals surface area contributed by atoms with E-state index in [0.29, 0.717) is 24.9 Å². The zero-order valence-electron chi connectivity index (χ0n) is 18.3. The third-order valence-corrected chi connectivity index (χ3v) is 5.21. The lowest BCUT2D eigenvalue weighted by Gasteiger charge is -2.28. The molecule has 1 unspecified atom stereocenters. The van der Waals surface area contributed by atoms with E-state index in [0.717, 1.165) is 58.1 Å². The Kier molecular flexibility index (Phi) is 8.40. The first-order chi connectivity index (χ1) is 14.5. The number of nitrogens with zero attached hydrogens (tertiary/aromatic N) is 6. The summed E-state index contributed by atoms with van der Waals surface area (Å²) in [6.45, 7) is 6.35. The quantitative estimate of drug-likeness (QED) is 0.393. The van der Waals surface area contributed by atoms with Crippen LogP contribution in [0.15, 0.2) is 4.99 Å². The van der Waals surface area contributed by atoms with Crippen molar-refractivity contribution >= 4 is 11.9 Å². The maximum Gasteiger partial charge on any atom is 0.243 e. The van der Waals surface area contributed by atoms with Gasteiger partial charge >= 0.3 is 0 Å². The second-order valence-corrected chi connectivity index (χ2v) is 7.77. The third kappa shape index (κ3) is 6.64. The molecule has 1 amide bonds. The van der Waals surface area contributed by atoms with Gasteiger partial charge in [0, 0.05) is 59.8 Å². The van der Waals surface area contributed by atoms with Gasteiger partial charge in [0.05, 0.1) is 19.8 Å². The van der Waals surface area contributed by atoms with Gasteiger partial charge in [0.2, 0.25) is 5.91 Å².